The van der Waals surface area contributed by atoms with Crippen LogP contribution in [0.5, 0.6) is 5.75 Å². The molecule has 0 N–H and O–H groups in total. The second-order valence-electron chi connectivity index (χ2n) is 4.73. The Kier molecular flexibility index (Phi) is 1.84. The largest absolute Gasteiger partial charge is 0.493 e. The summed E-state index contributed by atoms with van der Waals surface area (Å²) < 4.78 is 5.61. The van der Waals surface area contributed by atoms with E-state index < -0.39 is 0 Å². The van der Waals surface area contributed by atoms with Crippen molar-refractivity contribution in [3.05, 3.63) is 29.8 Å². The Morgan fingerprint density at radius 1 is 1.40 bits per heavy atom. The molecule has 0 radical (unpaired) electrons. The molecule has 1 fully saturated rings. The van der Waals surface area contributed by atoms with Gasteiger partial charge in [0.25, 0.3) is 0 Å². The summed E-state index contributed by atoms with van der Waals surface area (Å²) in [5, 5.41) is 0. The van der Waals surface area contributed by atoms with Crippen LogP contribution in [0.4, 0.5) is 0 Å². The van der Waals surface area contributed by atoms with E-state index >= 15 is 0 Å². The Balaban J connectivity index is 1.82. The fourth-order valence-electron chi connectivity index (χ4n) is 2.42. The van der Waals surface area contributed by atoms with Crippen molar-refractivity contribution < 1.29 is 9.53 Å². The number of carbonyl (C=O) groups excluding carboxylic acids is 1. The topological polar surface area (TPSA) is 26.3 Å². The van der Waals surface area contributed by atoms with Crippen LogP contribution in [0.2, 0.25) is 0 Å². The second kappa shape index (κ2) is 3.09. The van der Waals surface area contributed by atoms with Crippen LogP contribution >= 0.6 is 0 Å². The third-order valence-electron chi connectivity index (χ3n) is 3.59. The number of aldehydes is 1. The summed E-state index contributed by atoms with van der Waals surface area (Å²) >= 11 is 0. The van der Waals surface area contributed by atoms with E-state index in [0.717, 1.165) is 37.9 Å². The molecular formula is C13H14O2. The molecule has 1 atom stereocenters. The average Bonchev–Trinajstić information content (AvgIpc) is 2.95. The van der Waals surface area contributed by atoms with Crippen LogP contribution in [0.3, 0.4) is 0 Å². The van der Waals surface area contributed by atoms with E-state index in [2.05, 4.69) is 6.07 Å². The Morgan fingerprint density at radius 3 is 2.93 bits per heavy atom. The van der Waals surface area contributed by atoms with Gasteiger partial charge in [-0.05, 0) is 25.3 Å². The monoisotopic (exact) mass is 202 g/mol. The number of para-hydroxylation sites is 1. The van der Waals surface area contributed by atoms with Crippen LogP contribution in [0.25, 0.3) is 0 Å². The molecule has 1 aromatic rings. The molecule has 2 heteroatoms. The Hall–Kier alpha value is -1.31. The van der Waals surface area contributed by atoms with Gasteiger partial charge in [-0.2, -0.15) is 0 Å². The first kappa shape index (κ1) is 8.96. The highest BCUT2D eigenvalue weighted by molar-refractivity contribution is 5.63. The molecular weight excluding hydrogens is 188 g/mol. The van der Waals surface area contributed by atoms with Crippen molar-refractivity contribution in [2.45, 2.75) is 25.2 Å². The predicted octanol–water partition coefficient (Wildman–Crippen LogP) is 2.53. The molecule has 0 aromatic heterocycles. The summed E-state index contributed by atoms with van der Waals surface area (Å²) in [5.74, 6) is 1.43. The zero-order valence-corrected chi connectivity index (χ0v) is 8.61. The van der Waals surface area contributed by atoms with Crippen LogP contribution in [0.1, 0.15) is 30.7 Å². The number of fused-ring (bicyclic) bond motifs is 1. The highest BCUT2D eigenvalue weighted by Crippen LogP contribution is 2.52. The highest BCUT2D eigenvalue weighted by atomic mass is 16.5. The van der Waals surface area contributed by atoms with Crippen LogP contribution in [0, 0.1) is 5.41 Å². The molecule has 1 aliphatic heterocycles. The third kappa shape index (κ3) is 1.44. The number of carbonyl (C=O) groups is 1. The van der Waals surface area contributed by atoms with E-state index in [4.69, 9.17) is 4.74 Å². The maximum Gasteiger partial charge on any atom is 0.126 e. The molecule has 0 spiro atoms. The molecule has 1 heterocycles. The Labute approximate surface area is 89.2 Å². The van der Waals surface area contributed by atoms with E-state index in [0.29, 0.717) is 5.92 Å². The first-order chi connectivity index (χ1) is 7.33. The number of hydrogen-bond acceptors (Lipinski definition) is 2. The average molecular weight is 202 g/mol. The maximum absolute atomic E-state index is 10.9. The van der Waals surface area contributed by atoms with E-state index in [1.54, 1.807) is 0 Å². The molecule has 0 saturated heterocycles. The maximum atomic E-state index is 10.9. The van der Waals surface area contributed by atoms with Gasteiger partial charge in [0.05, 0.1) is 6.61 Å². The van der Waals surface area contributed by atoms with Crippen LogP contribution in [0.15, 0.2) is 24.3 Å². The number of ether oxygens (including phenoxy) is 1. The summed E-state index contributed by atoms with van der Waals surface area (Å²) in [5.41, 5.74) is 1.27. The predicted molar refractivity (Wildman–Crippen MR) is 57.0 cm³/mol. The fourth-order valence-corrected chi connectivity index (χ4v) is 2.42. The zero-order chi connectivity index (χ0) is 10.3. The van der Waals surface area contributed by atoms with E-state index in [9.17, 15) is 4.79 Å². The number of benzene rings is 1. The first-order valence-corrected chi connectivity index (χ1v) is 5.51. The summed E-state index contributed by atoms with van der Waals surface area (Å²) in [7, 11) is 0. The van der Waals surface area contributed by atoms with Crippen molar-refractivity contribution in [3.8, 4) is 5.75 Å². The molecule has 2 aliphatic rings. The lowest BCUT2D eigenvalue weighted by Crippen LogP contribution is -2.10. The summed E-state index contributed by atoms with van der Waals surface area (Å²) in [6, 6.07) is 8.17. The van der Waals surface area contributed by atoms with Gasteiger partial charge in [-0.25, -0.2) is 0 Å². The third-order valence-corrected chi connectivity index (χ3v) is 3.59. The van der Waals surface area contributed by atoms with E-state index in [-0.39, 0.29) is 5.41 Å². The van der Waals surface area contributed by atoms with Crippen LogP contribution < -0.4 is 4.74 Å². The number of hydrogen-bond donors (Lipinski definition) is 0. The summed E-state index contributed by atoms with van der Waals surface area (Å²) in [6.07, 6.45) is 4.24. The summed E-state index contributed by atoms with van der Waals surface area (Å²) in [6.45, 7) is 0.745. The van der Waals surface area contributed by atoms with Gasteiger partial charge in [0.1, 0.15) is 12.0 Å². The molecule has 15 heavy (non-hydrogen) atoms. The van der Waals surface area contributed by atoms with Crippen molar-refractivity contribution in [1.29, 1.82) is 0 Å². The van der Waals surface area contributed by atoms with Gasteiger partial charge in [-0.3, -0.25) is 0 Å². The van der Waals surface area contributed by atoms with Gasteiger partial charge >= 0.3 is 0 Å². The summed E-state index contributed by atoms with van der Waals surface area (Å²) in [4.78, 5) is 10.9. The molecule has 3 rings (SSSR count). The highest BCUT2D eigenvalue weighted by Gasteiger charge is 2.45. The van der Waals surface area contributed by atoms with Crippen LogP contribution in [-0.2, 0) is 4.79 Å². The molecule has 0 amide bonds. The van der Waals surface area contributed by atoms with Gasteiger partial charge in [0.2, 0.25) is 0 Å². The van der Waals surface area contributed by atoms with E-state index in [1.807, 2.05) is 18.2 Å². The van der Waals surface area contributed by atoms with E-state index in [1.165, 1.54) is 5.56 Å². The van der Waals surface area contributed by atoms with Gasteiger partial charge in [-0.15, -0.1) is 0 Å². The zero-order valence-electron chi connectivity index (χ0n) is 8.61. The van der Waals surface area contributed by atoms with Crippen molar-refractivity contribution in [3.63, 3.8) is 0 Å². The molecule has 1 saturated carbocycles. The molecule has 0 bridgehead atoms. The minimum atomic E-state index is -0.00845. The normalized spacial score (nSPS) is 25.5. The van der Waals surface area contributed by atoms with Gasteiger partial charge < -0.3 is 9.53 Å². The standard InChI is InChI=1S/C13H14O2/c14-9-13(5-6-13)7-10-8-15-12-4-2-1-3-11(10)12/h1-4,9-10H,5-8H2. The van der Waals surface area contributed by atoms with Crippen molar-refractivity contribution in [1.82, 2.24) is 0 Å². The van der Waals surface area contributed by atoms with Gasteiger partial charge in [0.15, 0.2) is 0 Å². The lowest BCUT2D eigenvalue weighted by atomic mass is 9.89. The van der Waals surface area contributed by atoms with Gasteiger partial charge in [0, 0.05) is 16.9 Å². The smallest absolute Gasteiger partial charge is 0.126 e. The van der Waals surface area contributed by atoms with Crippen molar-refractivity contribution >= 4 is 6.29 Å². The SMILES string of the molecule is O=CC1(CC2COc3ccccc32)CC1. The molecule has 1 unspecified atom stereocenters. The Bertz CT molecular complexity index is 393. The lowest BCUT2D eigenvalue weighted by molar-refractivity contribution is -0.112. The number of rotatable bonds is 3. The fraction of sp³-hybridized carbons (Fsp3) is 0.462. The molecule has 1 aliphatic carbocycles. The van der Waals surface area contributed by atoms with Crippen LogP contribution in [-0.4, -0.2) is 12.9 Å². The minimum absolute atomic E-state index is 0.00845. The minimum Gasteiger partial charge on any atom is -0.493 e. The molecule has 78 valence electrons. The Morgan fingerprint density at radius 2 is 2.20 bits per heavy atom. The first-order valence-electron chi connectivity index (χ1n) is 5.51. The second-order valence-corrected chi connectivity index (χ2v) is 4.73. The van der Waals surface area contributed by atoms with Crippen molar-refractivity contribution in [2.75, 3.05) is 6.61 Å². The van der Waals surface area contributed by atoms with Crippen molar-refractivity contribution in [2.24, 2.45) is 5.41 Å². The molecule has 2 nitrogen and oxygen atoms in total. The van der Waals surface area contributed by atoms with Gasteiger partial charge in [-0.1, -0.05) is 18.2 Å². The molecule has 1 aromatic carbocycles. The lowest BCUT2D eigenvalue weighted by Gasteiger charge is -2.12. The quantitative estimate of drug-likeness (QED) is 0.704.